The number of benzene rings is 1. The smallest absolute Gasteiger partial charge is 0.241 e. The molecule has 1 heterocycles. The topological polar surface area (TPSA) is 32.3 Å². The van der Waals surface area contributed by atoms with Crippen LogP contribution in [0.1, 0.15) is 50.4 Å². The van der Waals surface area contributed by atoms with Crippen LogP contribution in [0.25, 0.3) is 0 Å². The number of rotatable bonds is 4. The molecule has 108 valence electrons. The molecular weight excluding hydrogens is 248 g/mol. The zero-order valence-electron chi connectivity index (χ0n) is 12.6. The fraction of sp³-hybridized carbons (Fsp3) is 0.588. The van der Waals surface area contributed by atoms with Gasteiger partial charge in [-0.25, -0.2) is 0 Å². The summed E-state index contributed by atoms with van der Waals surface area (Å²) in [5.41, 5.74) is 2.51. The van der Waals surface area contributed by atoms with Gasteiger partial charge in [0.1, 0.15) is 6.17 Å². The number of hydrogen-bond acceptors (Lipinski definition) is 2. The SMILES string of the molecule is CCCC1NC(c2ccccc2C)N(C2CC2C)C1=O. The van der Waals surface area contributed by atoms with Crippen molar-refractivity contribution in [2.45, 2.75) is 58.3 Å². The van der Waals surface area contributed by atoms with E-state index in [-0.39, 0.29) is 12.2 Å². The average Bonchev–Trinajstić information content (AvgIpc) is 3.05. The molecule has 20 heavy (non-hydrogen) atoms. The fourth-order valence-electron chi connectivity index (χ4n) is 3.32. The zero-order chi connectivity index (χ0) is 14.3. The van der Waals surface area contributed by atoms with E-state index in [2.05, 4.69) is 55.3 Å². The van der Waals surface area contributed by atoms with Crippen molar-refractivity contribution in [3.05, 3.63) is 35.4 Å². The van der Waals surface area contributed by atoms with Crippen LogP contribution in [0, 0.1) is 12.8 Å². The maximum atomic E-state index is 12.7. The van der Waals surface area contributed by atoms with Gasteiger partial charge >= 0.3 is 0 Å². The standard InChI is InChI=1S/C17H24N2O/c1-4-7-14-17(20)19(15-10-12(15)3)16(18-14)13-9-6-5-8-11(13)2/h5-6,8-9,12,14-16,18H,4,7,10H2,1-3H3. The molecule has 0 aromatic heterocycles. The summed E-state index contributed by atoms with van der Waals surface area (Å²) in [5, 5.41) is 3.57. The summed E-state index contributed by atoms with van der Waals surface area (Å²) in [6, 6.07) is 8.83. The van der Waals surface area contributed by atoms with Crippen molar-refractivity contribution in [2.75, 3.05) is 0 Å². The Hall–Kier alpha value is -1.35. The molecule has 3 rings (SSSR count). The van der Waals surface area contributed by atoms with Crippen molar-refractivity contribution in [1.29, 1.82) is 0 Å². The first-order valence-electron chi connectivity index (χ1n) is 7.77. The van der Waals surface area contributed by atoms with Crippen LogP contribution in [-0.2, 0) is 4.79 Å². The van der Waals surface area contributed by atoms with Gasteiger partial charge in [-0.1, -0.05) is 44.5 Å². The molecule has 4 atom stereocenters. The van der Waals surface area contributed by atoms with Crippen molar-refractivity contribution in [2.24, 2.45) is 5.92 Å². The molecule has 1 aliphatic heterocycles. The fourth-order valence-corrected chi connectivity index (χ4v) is 3.32. The van der Waals surface area contributed by atoms with E-state index in [1.165, 1.54) is 11.1 Å². The lowest BCUT2D eigenvalue weighted by atomic mass is 10.1. The molecule has 1 amide bonds. The first kappa shape index (κ1) is 13.6. The number of nitrogens with one attached hydrogen (secondary N) is 1. The second-order valence-electron chi connectivity index (χ2n) is 6.29. The first-order chi connectivity index (χ1) is 9.63. The predicted molar refractivity (Wildman–Crippen MR) is 80.2 cm³/mol. The zero-order valence-corrected chi connectivity index (χ0v) is 12.6. The molecule has 1 saturated carbocycles. The number of hydrogen-bond donors (Lipinski definition) is 1. The average molecular weight is 272 g/mol. The van der Waals surface area contributed by atoms with E-state index in [0.29, 0.717) is 17.9 Å². The van der Waals surface area contributed by atoms with Gasteiger partial charge in [0.25, 0.3) is 0 Å². The van der Waals surface area contributed by atoms with Crippen LogP contribution in [-0.4, -0.2) is 22.9 Å². The van der Waals surface area contributed by atoms with Gasteiger partial charge in [0.2, 0.25) is 5.91 Å². The van der Waals surface area contributed by atoms with Crippen molar-refractivity contribution in [3.63, 3.8) is 0 Å². The normalized spacial score (nSPS) is 32.8. The number of carbonyl (C=O) groups excluding carboxylic acids is 1. The van der Waals surface area contributed by atoms with E-state index >= 15 is 0 Å². The molecule has 1 aromatic carbocycles. The van der Waals surface area contributed by atoms with E-state index in [1.807, 2.05) is 0 Å². The Bertz CT molecular complexity index is 513. The highest BCUT2D eigenvalue weighted by atomic mass is 16.2. The summed E-state index contributed by atoms with van der Waals surface area (Å²) in [7, 11) is 0. The lowest BCUT2D eigenvalue weighted by Gasteiger charge is -2.26. The summed E-state index contributed by atoms with van der Waals surface area (Å²) in [6.45, 7) is 6.50. The number of amides is 1. The van der Waals surface area contributed by atoms with Gasteiger partial charge in [-0.15, -0.1) is 0 Å². The lowest BCUT2D eigenvalue weighted by molar-refractivity contribution is -0.131. The summed E-state index contributed by atoms with van der Waals surface area (Å²) >= 11 is 0. The van der Waals surface area contributed by atoms with Gasteiger partial charge in [-0.3, -0.25) is 10.1 Å². The molecule has 0 radical (unpaired) electrons. The van der Waals surface area contributed by atoms with E-state index in [4.69, 9.17) is 0 Å². The quantitative estimate of drug-likeness (QED) is 0.914. The van der Waals surface area contributed by atoms with E-state index in [0.717, 1.165) is 19.3 Å². The Morgan fingerprint density at radius 1 is 1.35 bits per heavy atom. The third-order valence-corrected chi connectivity index (χ3v) is 4.67. The largest absolute Gasteiger partial charge is 0.318 e. The van der Waals surface area contributed by atoms with Gasteiger partial charge in [0.15, 0.2) is 0 Å². The van der Waals surface area contributed by atoms with Gasteiger partial charge in [-0.2, -0.15) is 0 Å². The molecule has 3 heteroatoms. The third-order valence-electron chi connectivity index (χ3n) is 4.67. The Kier molecular flexibility index (Phi) is 3.55. The van der Waals surface area contributed by atoms with Gasteiger partial charge in [0, 0.05) is 6.04 Å². The van der Waals surface area contributed by atoms with Crippen LogP contribution in [0.4, 0.5) is 0 Å². The minimum Gasteiger partial charge on any atom is -0.318 e. The maximum Gasteiger partial charge on any atom is 0.241 e. The summed E-state index contributed by atoms with van der Waals surface area (Å²) < 4.78 is 0. The van der Waals surface area contributed by atoms with Gasteiger partial charge < -0.3 is 4.90 Å². The van der Waals surface area contributed by atoms with Crippen molar-refractivity contribution < 1.29 is 4.79 Å². The molecule has 1 aromatic rings. The van der Waals surface area contributed by atoms with E-state index in [9.17, 15) is 4.79 Å². The van der Waals surface area contributed by atoms with Gasteiger partial charge in [-0.05, 0) is 36.8 Å². The van der Waals surface area contributed by atoms with Crippen molar-refractivity contribution in [3.8, 4) is 0 Å². The van der Waals surface area contributed by atoms with Gasteiger partial charge in [0.05, 0.1) is 6.04 Å². The van der Waals surface area contributed by atoms with Crippen LogP contribution >= 0.6 is 0 Å². The van der Waals surface area contributed by atoms with Crippen LogP contribution < -0.4 is 5.32 Å². The van der Waals surface area contributed by atoms with Crippen LogP contribution in [0.15, 0.2) is 24.3 Å². The second kappa shape index (κ2) is 5.21. The molecule has 2 fully saturated rings. The molecule has 1 N–H and O–H groups in total. The van der Waals surface area contributed by atoms with E-state index < -0.39 is 0 Å². The molecule has 0 spiro atoms. The predicted octanol–water partition coefficient (Wildman–Crippen LogP) is 3.00. The monoisotopic (exact) mass is 272 g/mol. The van der Waals surface area contributed by atoms with E-state index in [1.54, 1.807) is 0 Å². The Morgan fingerprint density at radius 2 is 2.05 bits per heavy atom. The summed E-state index contributed by atoms with van der Waals surface area (Å²) in [4.78, 5) is 14.8. The second-order valence-corrected chi connectivity index (χ2v) is 6.29. The molecule has 4 unspecified atom stereocenters. The number of nitrogens with zero attached hydrogens (tertiary/aromatic N) is 1. The maximum absolute atomic E-state index is 12.7. The highest BCUT2D eigenvalue weighted by Crippen LogP contribution is 2.42. The molecule has 2 aliphatic rings. The minimum atomic E-state index is -0.00240. The van der Waals surface area contributed by atoms with Crippen LogP contribution in [0.2, 0.25) is 0 Å². The van der Waals surface area contributed by atoms with Crippen LogP contribution in [0.5, 0.6) is 0 Å². The summed E-state index contributed by atoms with van der Waals surface area (Å²) in [5.74, 6) is 0.946. The molecular formula is C17H24N2O. The van der Waals surface area contributed by atoms with Crippen LogP contribution in [0.3, 0.4) is 0 Å². The number of carbonyl (C=O) groups is 1. The lowest BCUT2D eigenvalue weighted by Crippen LogP contribution is -2.34. The van der Waals surface area contributed by atoms with Crippen molar-refractivity contribution >= 4 is 5.91 Å². The highest BCUT2D eigenvalue weighted by molar-refractivity contribution is 5.85. The third kappa shape index (κ3) is 2.24. The Balaban J connectivity index is 1.91. The number of aryl methyl sites for hydroxylation is 1. The highest BCUT2D eigenvalue weighted by Gasteiger charge is 2.50. The first-order valence-corrected chi connectivity index (χ1v) is 7.77. The minimum absolute atomic E-state index is 0.00240. The molecule has 1 saturated heterocycles. The van der Waals surface area contributed by atoms with Crippen molar-refractivity contribution in [1.82, 2.24) is 10.2 Å². The molecule has 3 nitrogen and oxygen atoms in total. The molecule has 1 aliphatic carbocycles. The Labute approximate surface area is 121 Å². The summed E-state index contributed by atoms with van der Waals surface area (Å²) in [6.07, 6.45) is 3.18. The Morgan fingerprint density at radius 3 is 2.65 bits per heavy atom. The molecule has 0 bridgehead atoms.